The van der Waals surface area contributed by atoms with Gasteiger partial charge in [0.05, 0.1) is 14.2 Å². The van der Waals surface area contributed by atoms with Crippen molar-refractivity contribution in [3.05, 3.63) is 23.8 Å². The van der Waals surface area contributed by atoms with E-state index in [1.165, 1.54) is 0 Å². The second-order valence-electron chi connectivity index (χ2n) is 5.74. The SMILES string of the molecule is COc1ccc(OC)c(CCC(=O)N2CCC(C(N)=O)CC2)c1. The van der Waals surface area contributed by atoms with Crippen LogP contribution in [-0.2, 0) is 16.0 Å². The van der Waals surface area contributed by atoms with Crippen molar-refractivity contribution in [2.24, 2.45) is 11.7 Å². The second-order valence-corrected chi connectivity index (χ2v) is 5.74. The van der Waals surface area contributed by atoms with E-state index in [4.69, 9.17) is 15.2 Å². The maximum Gasteiger partial charge on any atom is 0.222 e. The molecule has 0 atom stereocenters. The van der Waals surface area contributed by atoms with Crippen LogP contribution in [0.3, 0.4) is 0 Å². The number of nitrogens with zero attached hydrogens (tertiary/aromatic N) is 1. The second kappa shape index (κ2) is 7.85. The Morgan fingerprint density at radius 1 is 1.22 bits per heavy atom. The van der Waals surface area contributed by atoms with Crippen LogP contribution < -0.4 is 15.2 Å². The molecule has 1 saturated heterocycles. The van der Waals surface area contributed by atoms with E-state index in [1.807, 2.05) is 23.1 Å². The highest BCUT2D eigenvalue weighted by molar-refractivity contribution is 5.79. The van der Waals surface area contributed by atoms with Crippen molar-refractivity contribution < 1.29 is 19.1 Å². The molecule has 1 aromatic rings. The lowest BCUT2D eigenvalue weighted by atomic mass is 9.96. The molecule has 1 aliphatic rings. The lowest BCUT2D eigenvalue weighted by Crippen LogP contribution is -2.41. The lowest BCUT2D eigenvalue weighted by molar-refractivity contribution is -0.134. The first-order chi connectivity index (χ1) is 11.0. The molecule has 2 rings (SSSR count). The van der Waals surface area contributed by atoms with Gasteiger partial charge in [0.2, 0.25) is 11.8 Å². The van der Waals surface area contributed by atoms with Gasteiger partial charge in [0.15, 0.2) is 0 Å². The molecule has 2 N–H and O–H groups in total. The van der Waals surface area contributed by atoms with Gasteiger partial charge in [0.25, 0.3) is 0 Å². The fraction of sp³-hybridized carbons (Fsp3) is 0.529. The summed E-state index contributed by atoms with van der Waals surface area (Å²) in [6.45, 7) is 1.20. The number of carbonyl (C=O) groups excluding carboxylic acids is 2. The van der Waals surface area contributed by atoms with Crippen LogP contribution in [0, 0.1) is 5.92 Å². The van der Waals surface area contributed by atoms with Gasteiger partial charge in [-0.2, -0.15) is 0 Å². The standard InChI is InChI=1S/C17H24N2O4/c1-22-14-4-5-15(23-2)13(11-14)3-6-16(20)19-9-7-12(8-10-19)17(18)21/h4-5,11-12H,3,6-10H2,1-2H3,(H2,18,21). The number of nitrogens with two attached hydrogens (primary N) is 1. The maximum atomic E-state index is 12.3. The van der Waals surface area contributed by atoms with Crippen molar-refractivity contribution in [3.63, 3.8) is 0 Å². The van der Waals surface area contributed by atoms with E-state index in [1.54, 1.807) is 14.2 Å². The van der Waals surface area contributed by atoms with Crippen LogP contribution in [0.2, 0.25) is 0 Å². The van der Waals surface area contributed by atoms with Crippen LogP contribution >= 0.6 is 0 Å². The fourth-order valence-electron chi connectivity index (χ4n) is 2.89. The molecule has 1 heterocycles. The first-order valence-corrected chi connectivity index (χ1v) is 7.83. The number of likely N-dealkylation sites (tertiary alicyclic amines) is 1. The van der Waals surface area contributed by atoms with Gasteiger partial charge in [0, 0.05) is 25.4 Å². The molecule has 1 fully saturated rings. The number of benzene rings is 1. The molecule has 0 saturated carbocycles. The van der Waals surface area contributed by atoms with Crippen LogP contribution in [-0.4, -0.2) is 44.0 Å². The van der Waals surface area contributed by atoms with E-state index in [9.17, 15) is 9.59 Å². The van der Waals surface area contributed by atoms with Crippen molar-refractivity contribution in [3.8, 4) is 11.5 Å². The summed E-state index contributed by atoms with van der Waals surface area (Å²) in [6.07, 6.45) is 2.31. The third kappa shape index (κ3) is 4.37. The van der Waals surface area contributed by atoms with Crippen LogP contribution in [0.5, 0.6) is 11.5 Å². The van der Waals surface area contributed by atoms with Gasteiger partial charge in [0.1, 0.15) is 11.5 Å². The molecule has 0 bridgehead atoms. The smallest absolute Gasteiger partial charge is 0.222 e. The van der Waals surface area contributed by atoms with Gasteiger partial charge in [-0.1, -0.05) is 0 Å². The Morgan fingerprint density at radius 2 is 1.91 bits per heavy atom. The third-order valence-electron chi connectivity index (χ3n) is 4.35. The summed E-state index contributed by atoms with van der Waals surface area (Å²) in [5, 5.41) is 0. The predicted octanol–water partition coefficient (Wildman–Crippen LogP) is 1.36. The van der Waals surface area contributed by atoms with Gasteiger partial charge in [-0.25, -0.2) is 0 Å². The zero-order valence-corrected chi connectivity index (χ0v) is 13.7. The Bertz CT molecular complexity index is 566. The number of amides is 2. The molecular formula is C17H24N2O4. The number of rotatable bonds is 6. The zero-order chi connectivity index (χ0) is 16.8. The Kier molecular flexibility index (Phi) is 5.84. The Labute approximate surface area is 136 Å². The zero-order valence-electron chi connectivity index (χ0n) is 13.7. The molecule has 0 radical (unpaired) electrons. The average Bonchev–Trinajstić information content (AvgIpc) is 2.59. The largest absolute Gasteiger partial charge is 0.497 e. The molecule has 0 spiro atoms. The molecule has 6 nitrogen and oxygen atoms in total. The summed E-state index contributed by atoms with van der Waals surface area (Å²) >= 11 is 0. The van der Waals surface area contributed by atoms with Crippen molar-refractivity contribution in [2.75, 3.05) is 27.3 Å². The number of aryl methyl sites for hydroxylation is 1. The predicted molar refractivity (Wildman–Crippen MR) is 86.4 cm³/mol. The number of piperidine rings is 1. The van der Waals surface area contributed by atoms with Crippen molar-refractivity contribution >= 4 is 11.8 Å². The topological polar surface area (TPSA) is 81.9 Å². The quantitative estimate of drug-likeness (QED) is 0.858. The minimum Gasteiger partial charge on any atom is -0.497 e. The van der Waals surface area contributed by atoms with Crippen LogP contribution in [0.1, 0.15) is 24.8 Å². The van der Waals surface area contributed by atoms with Gasteiger partial charge < -0.3 is 20.1 Å². The van der Waals surface area contributed by atoms with Crippen LogP contribution in [0.15, 0.2) is 18.2 Å². The first-order valence-electron chi connectivity index (χ1n) is 7.83. The van der Waals surface area contributed by atoms with E-state index < -0.39 is 0 Å². The minimum absolute atomic E-state index is 0.0952. The van der Waals surface area contributed by atoms with Gasteiger partial charge >= 0.3 is 0 Å². The van der Waals surface area contributed by atoms with E-state index in [2.05, 4.69) is 0 Å². The first kappa shape index (κ1) is 17.1. The Balaban J connectivity index is 1.91. The maximum absolute atomic E-state index is 12.3. The summed E-state index contributed by atoms with van der Waals surface area (Å²) in [5.74, 6) is 1.23. The summed E-state index contributed by atoms with van der Waals surface area (Å²) in [7, 11) is 3.22. The summed E-state index contributed by atoms with van der Waals surface area (Å²) in [6, 6.07) is 5.57. The number of hydrogen-bond acceptors (Lipinski definition) is 4. The fourth-order valence-corrected chi connectivity index (χ4v) is 2.89. The molecule has 126 valence electrons. The average molecular weight is 320 g/mol. The molecule has 1 aliphatic heterocycles. The Hall–Kier alpha value is -2.24. The number of methoxy groups -OCH3 is 2. The van der Waals surface area contributed by atoms with E-state index in [0.29, 0.717) is 38.8 Å². The van der Waals surface area contributed by atoms with Crippen molar-refractivity contribution in [1.82, 2.24) is 4.90 Å². The molecule has 23 heavy (non-hydrogen) atoms. The molecule has 1 aromatic carbocycles. The van der Waals surface area contributed by atoms with Gasteiger partial charge in [-0.3, -0.25) is 9.59 Å². The van der Waals surface area contributed by atoms with E-state index >= 15 is 0 Å². The molecule has 0 aromatic heterocycles. The van der Waals surface area contributed by atoms with Crippen molar-refractivity contribution in [1.29, 1.82) is 0 Å². The summed E-state index contributed by atoms with van der Waals surface area (Å²) in [5.41, 5.74) is 6.27. The normalized spacial score (nSPS) is 15.3. The van der Waals surface area contributed by atoms with Gasteiger partial charge in [-0.05, 0) is 43.0 Å². The van der Waals surface area contributed by atoms with Crippen LogP contribution in [0.25, 0.3) is 0 Å². The summed E-state index contributed by atoms with van der Waals surface area (Å²) in [4.78, 5) is 25.3. The highest BCUT2D eigenvalue weighted by Gasteiger charge is 2.25. The van der Waals surface area contributed by atoms with Crippen LogP contribution in [0.4, 0.5) is 0 Å². The lowest BCUT2D eigenvalue weighted by Gasteiger charge is -2.30. The highest BCUT2D eigenvalue weighted by atomic mass is 16.5. The molecule has 0 unspecified atom stereocenters. The summed E-state index contributed by atoms with van der Waals surface area (Å²) < 4.78 is 10.5. The Morgan fingerprint density at radius 3 is 2.48 bits per heavy atom. The highest BCUT2D eigenvalue weighted by Crippen LogP contribution is 2.25. The third-order valence-corrected chi connectivity index (χ3v) is 4.35. The number of carbonyl (C=O) groups is 2. The number of primary amides is 1. The van der Waals surface area contributed by atoms with Crippen molar-refractivity contribution in [2.45, 2.75) is 25.7 Å². The number of ether oxygens (including phenoxy) is 2. The van der Waals surface area contributed by atoms with E-state index in [0.717, 1.165) is 17.1 Å². The minimum atomic E-state index is -0.266. The molecular weight excluding hydrogens is 296 g/mol. The van der Waals surface area contributed by atoms with E-state index in [-0.39, 0.29) is 17.7 Å². The van der Waals surface area contributed by atoms with Gasteiger partial charge in [-0.15, -0.1) is 0 Å². The molecule has 6 heteroatoms. The molecule has 0 aliphatic carbocycles. The number of hydrogen-bond donors (Lipinski definition) is 1. The molecule has 2 amide bonds. The monoisotopic (exact) mass is 320 g/mol.